The standard InChI is InChI=1S/C24H31N3O3/c1-6-18-19-14-17(24(28)25-12-7-13-27(2)3)8-10-20(19)26-23(18)16-9-11-21(29-4)22(15-16)30-5/h8-11,14-15,26H,6-7,12-13H2,1-5H3,(H,25,28). The van der Waals surface area contributed by atoms with Gasteiger partial charge in [0.15, 0.2) is 11.5 Å². The van der Waals surface area contributed by atoms with Crippen molar-refractivity contribution in [2.75, 3.05) is 41.4 Å². The van der Waals surface area contributed by atoms with E-state index >= 15 is 0 Å². The maximum atomic E-state index is 12.6. The quantitative estimate of drug-likeness (QED) is 0.522. The van der Waals surface area contributed by atoms with Crippen LogP contribution in [0.5, 0.6) is 11.5 Å². The molecule has 0 aliphatic carbocycles. The Hall–Kier alpha value is -2.99. The van der Waals surface area contributed by atoms with Gasteiger partial charge in [0.25, 0.3) is 5.91 Å². The van der Waals surface area contributed by atoms with Crippen LogP contribution in [0, 0.1) is 0 Å². The summed E-state index contributed by atoms with van der Waals surface area (Å²) in [6, 6.07) is 11.7. The van der Waals surface area contributed by atoms with Gasteiger partial charge >= 0.3 is 0 Å². The zero-order chi connectivity index (χ0) is 21.7. The third-order valence-electron chi connectivity index (χ3n) is 5.26. The fraction of sp³-hybridized carbons (Fsp3) is 0.375. The van der Waals surface area contributed by atoms with Crippen molar-refractivity contribution in [1.82, 2.24) is 15.2 Å². The minimum atomic E-state index is -0.0356. The molecule has 3 rings (SSSR count). The SMILES string of the molecule is CCc1c(-c2ccc(OC)c(OC)c2)[nH]c2ccc(C(=O)NCCCN(C)C)cc12. The van der Waals surface area contributed by atoms with Gasteiger partial charge in [0.1, 0.15) is 0 Å². The molecule has 0 aliphatic rings. The smallest absolute Gasteiger partial charge is 0.251 e. The fourth-order valence-corrected chi connectivity index (χ4v) is 3.69. The Bertz CT molecular complexity index is 1020. The van der Waals surface area contributed by atoms with Gasteiger partial charge in [-0.15, -0.1) is 0 Å². The van der Waals surface area contributed by atoms with Crippen molar-refractivity contribution in [2.24, 2.45) is 0 Å². The van der Waals surface area contributed by atoms with Gasteiger partial charge in [-0.3, -0.25) is 4.79 Å². The average Bonchev–Trinajstić information content (AvgIpc) is 3.13. The minimum Gasteiger partial charge on any atom is -0.493 e. The summed E-state index contributed by atoms with van der Waals surface area (Å²) in [6.45, 7) is 3.74. The predicted octanol–water partition coefficient (Wildman–Crippen LogP) is 4.10. The molecule has 0 bridgehead atoms. The number of ether oxygens (including phenoxy) is 2. The van der Waals surface area contributed by atoms with Crippen molar-refractivity contribution in [2.45, 2.75) is 19.8 Å². The zero-order valence-corrected chi connectivity index (χ0v) is 18.5. The summed E-state index contributed by atoms with van der Waals surface area (Å²) < 4.78 is 10.8. The second-order valence-corrected chi connectivity index (χ2v) is 7.57. The zero-order valence-electron chi connectivity index (χ0n) is 18.5. The number of nitrogens with one attached hydrogen (secondary N) is 2. The van der Waals surface area contributed by atoms with E-state index in [1.807, 2.05) is 50.5 Å². The molecule has 2 N–H and O–H groups in total. The molecule has 0 aliphatic heterocycles. The normalized spacial score (nSPS) is 11.1. The Morgan fingerprint density at radius 3 is 2.50 bits per heavy atom. The molecule has 0 atom stereocenters. The lowest BCUT2D eigenvalue weighted by atomic mass is 10.0. The van der Waals surface area contributed by atoms with Crippen molar-refractivity contribution in [3.05, 3.63) is 47.5 Å². The first-order chi connectivity index (χ1) is 14.5. The van der Waals surface area contributed by atoms with Crippen LogP contribution in [0.15, 0.2) is 36.4 Å². The average molecular weight is 410 g/mol. The van der Waals surface area contributed by atoms with E-state index in [0.717, 1.165) is 41.5 Å². The van der Waals surface area contributed by atoms with Crippen molar-refractivity contribution in [3.63, 3.8) is 0 Å². The number of carbonyl (C=O) groups excluding carboxylic acids is 1. The van der Waals surface area contributed by atoms with Crippen LogP contribution in [-0.4, -0.2) is 57.2 Å². The number of hydrogen-bond donors (Lipinski definition) is 2. The number of benzene rings is 2. The largest absolute Gasteiger partial charge is 0.493 e. The minimum absolute atomic E-state index is 0.0356. The number of methoxy groups -OCH3 is 2. The van der Waals surface area contributed by atoms with Gasteiger partial charge in [0.2, 0.25) is 0 Å². The second-order valence-electron chi connectivity index (χ2n) is 7.57. The molecule has 0 fully saturated rings. The first-order valence-corrected chi connectivity index (χ1v) is 10.3. The number of nitrogens with zero attached hydrogens (tertiary/aromatic N) is 1. The fourth-order valence-electron chi connectivity index (χ4n) is 3.69. The van der Waals surface area contributed by atoms with Crippen LogP contribution in [0.4, 0.5) is 0 Å². The third kappa shape index (κ3) is 4.60. The molecule has 0 radical (unpaired) electrons. The van der Waals surface area contributed by atoms with Gasteiger partial charge in [-0.2, -0.15) is 0 Å². The lowest BCUT2D eigenvalue weighted by Crippen LogP contribution is -2.27. The molecule has 0 unspecified atom stereocenters. The van der Waals surface area contributed by atoms with Gasteiger partial charge in [0.05, 0.1) is 14.2 Å². The number of carbonyl (C=O) groups is 1. The first kappa shape index (κ1) is 21.7. The highest BCUT2D eigenvalue weighted by Gasteiger charge is 2.16. The molecule has 3 aromatic rings. The molecule has 30 heavy (non-hydrogen) atoms. The van der Waals surface area contributed by atoms with E-state index < -0.39 is 0 Å². The number of aryl methyl sites for hydroxylation is 1. The monoisotopic (exact) mass is 409 g/mol. The van der Waals surface area contributed by atoms with Gasteiger partial charge in [-0.05, 0) is 75.4 Å². The highest BCUT2D eigenvalue weighted by molar-refractivity contribution is 6.00. The Morgan fingerprint density at radius 1 is 1.07 bits per heavy atom. The van der Waals surface area contributed by atoms with E-state index in [0.29, 0.717) is 23.6 Å². The molecule has 6 heteroatoms. The molecule has 1 aromatic heterocycles. The molecule has 1 heterocycles. The topological polar surface area (TPSA) is 66.6 Å². The van der Waals surface area contributed by atoms with E-state index in [4.69, 9.17) is 9.47 Å². The van der Waals surface area contributed by atoms with Gasteiger partial charge in [-0.25, -0.2) is 0 Å². The molecule has 0 saturated carbocycles. The Labute approximate surface area is 178 Å². The van der Waals surface area contributed by atoms with Crippen LogP contribution in [-0.2, 0) is 6.42 Å². The maximum absolute atomic E-state index is 12.6. The number of H-pyrrole nitrogens is 1. The lowest BCUT2D eigenvalue weighted by Gasteiger charge is -2.10. The highest BCUT2D eigenvalue weighted by atomic mass is 16.5. The number of amides is 1. The molecular formula is C24H31N3O3. The van der Waals surface area contributed by atoms with E-state index in [1.165, 1.54) is 5.56 Å². The summed E-state index contributed by atoms with van der Waals surface area (Å²) in [7, 11) is 7.33. The van der Waals surface area contributed by atoms with Crippen LogP contribution < -0.4 is 14.8 Å². The van der Waals surface area contributed by atoms with Crippen LogP contribution >= 0.6 is 0 Å². The molecule has 2 aromatic carbocycles. The van der Waals surface area contributed by atoms with Crippen LogP contribution in [0.25, 0.3) is 22.2 Å². The van der Waals surface area contributed by atoms with Crippen molar-refractivity contribution in [3.8, 4) is 22.8 Å². The summed E-state index contributed by atoms with van der Waals surface area (Å²) >= 11 is 0. The molecular weight excluding hydrogens is 378 g/mol. The molecule has 160 valence electrons. The van der Waals surface area contributed by atoms with Gasteiger partial charge in [0, 0.05) is 34.3 Å². The van der Waals surface area contributed by atoms with Crippen molar-refractivity contribution >= 4 is 16.8 Å². The van der Waals surface area contributed by atoms with E-state index in [1.54, 1.807) is 14.2 Å². The second kappa shape index (κ2) is 9.67. The summed E-state index contributed by atoms with van der Waals surface area (Å²) in [5, 5.41) is 4.09. The number of aromatic amines is 1. The Morgan fingerprint density at radius 2 is 1.83 bits per heavy atom. The highest BCUT2D eigenvalue weighted by Crippen LogP contribution is 2.36. The summed E-state index contributed by atoms with van der Waals surface area (Å²) in [5.74, 6) is 1.35. The number of fused-ring (bicyclic) bond motifs is 1. The number of rotatable bonds is 9. The predicted molar refractivity (Wildman–Crippen MR) is 122 cm³/mol. The third-order valence-corrected chi connectivity index (χ3v) is 5.26. The Kier molecular flexibility index (Phi) is 7.00. The Balaban J connectivity index is 1.91. The molecule has 0 spiro atoms. The van der Waals surface area contributed by atoms with Crippen molar-refractivity contribution < 1.29 is 14.3 Å². The van der Waals surface area contributed by atoms with E-state index in [-0.39, 0.29) is 5.91 Å². The summed E-state index contributed by atoms with van der Waals surface area (Å²) in [6.07, 6.45) is 1.77. The summed E-state index contributed by atoms with van der Waals surface area (Å²) in [4.78, 5) is 18.2. The van der Waals surface area contributed by atoms with Crippen molar-refractivity contribution in [1.29, 1.82) is 0 Å². The molecule has 1 amide bonds. The van der Waals surface area contributed by atoms with Crippen LogP contribution in [0.3, 0.4) is 0 Å². The van der Waals surface area contributed by atoms with E-state index in [2.05, 4.69) is 22.1 Å². The molecule has 0 saturated heterocycles. The van der Waals surface area contributed by atoms with Gasteiger partial charge in [-0.1, -0.05) is 6.92 Å². The van der Waals surface area contributed by atoms with E-state index in [9.17, 15) is 4.79 Å². The molecule has 6 nitrogen and oxygen atoms in total. The van der Waals surface area contributed by atoms with Crippen LogP contribution in [0.1, 0.15) is 29.3 Å². The number of aromatic nitrogens is 1. The maximum Gasteiger partial charge on any atom is 0.251 e. The van der Waals surface area contributed by atoms with Gasteiger partial charge < -0.3 is 24.7 Å². The lowest BCUT2D eigenvalue weighted by molar-refractivity contribution is 0.0952. The number of hydrogen-bond acceptors (Lipinski definition) is 4. The van der Waals surface area contributed by atoms with Crippen LogP contribution in [0.2, 0.25) is 0 Å². The first-order valence-electron chi connectivity index (χ1n) is 10.3. The summed E-state index contributed by atoms with van der Waals surface area (Å²) in [5.41, 5.74) is 4.94.